The Kier molecular flexibility index (Phi) is 4.13. The first kappa shape index (κ1) is 14.2. The molecule has 0 saturated heterocycles. The summed E-state index contributed by atoms with van der Waals surface area (Å²) in [6.07, 6.45) is 0. The van der Waals surface area contributed by atoms with E-state index >= 15 is 0 Å². The number of halogens is 2. The van der Waals surface area contributed by atoms with Crippen molar-refractivity contribution in [3.8, 4) is 5.75 Å². The van der Waals surface area contributed by atoms with Crippen molar-refractivity contribution >= 4 is 5.78 Å². The Morgan fingerprint density at radius 1 is 1.05 bits per heavy atom. The highest BCUT2D eigenvalue weighted by Crippen LogP contribution is 2.18. The molecule has 0 aliphatic rings. The summed E-state index contributed by atoms with van der Waals surface area (Å²) >= 11 is 0. The van der Waals surface area contributed by atoms with E-state index < -0.39 is 29.6 Å². The van der Waals surface area contributed by atoms with Crippen molar-refractivity contribution in [1.29, 1.82) is 0 Å². The number of Topliss-reactive ketones (excluding diaryl/α,β-unsaturated/α-hetero) is 1. The smallest absolute Gasteiger partial charge is 0.206 e. The number of aryl methyl sites for hydroxylation is 2. The van der Waals surface area contributed by atoms with Crippen molar-refractivity contribution in [2.75, 3.05) is 6.61 Å². The molecule has 0 spiro atoms. The maximum Gasteiger partial charge on any atom is 0.206 e. The SMILES string of the molecule is Cc1ccc(OCC(=O)c2c(F)cccc2F)cc1C. The second kappa shape index (κ2) is 5.82. The predicted molar refractivity (Wildman–Crippen MR) is 72.1 cm³/mol. The van der Waals surface area contributed by atoms with E-state index in [1.54, 1.807) is 12.1 Å². The molecule has 4 heteroatoms. The Morgan fingerprint density at radius 2 is 1.70 bits per heavy atom. The van der Waals surface area contributed by atoms with Crippen LogP contribution >= 0.6 is 0 Å². The van der Waals surface area contributed by atoms with Crippen molar-refractivity contribution in [1.82, 2.24) is 0 Å². The summed E-state index contributed by atoms with van der Waals surface area (Å²) in [5.41, 5.74) is 1.56. The highest BCUT2D eigenvalue weighted by Gasteiger charge is 2.17. The fourth-order valence-electron chi connectivity index (χ4n) is 1.79. The second-order valence-electron chi connectivity index (χ2n) is 4.55. The zero-order valence-electron chi connectivity index (χ0n) is 11.2. The van der Waals surface area contributed by atoms with Gasteiger partial charge in [0.05, 0.1) is 5.56 Å². The van der Waals surface area contributed by atoms with Crippen LogP contribution in [-0.2, 0) is 0 Å². The Hall–Kier alpha value is -2.23. The molecule has 0 atom stereocenters. The molecule has 20 heavy (non-hydrogen) atoms. The lowest BCUT2D eigenvalue weighted by molar-refractivity contribution is 0.0913. The molecule has 2 nitrogen and oxygen atoms in total. The number of benzene rings is 2. The van der Waals surface area contributed by atoms with E-state index in [-0.39, 0.29) is 0 Å². The molecular weight excluding hydrogens is 262 g/mol. The Labute approximate surface area is 116 Å². The predicted octanol–water partition coefficient (Wildman–Crippen LogP) is 3.84. The lowest BCUT2D eigenvalue weighted by atomic mass is 10.1. The topological polar surface area (TPSA) is 26.3 Å². The average Bonchev–Trinajstić information content (AvgIpc) is 2.40. The summed E-state index contributed by atoms with van der Waals surface area (Å²) in [5.74, 6) is -1.98. The first-order valence-electron chi connectivity index (χ1n) is 6.16. The zero-order chi connectivity index (χ0) is 14.7. The molecule has 2 rings (SSSR count). The number of hydrogen-bond acceptors (Lipinski definition) is 2. The largest absolute Gasteiger partial charge is 0.485 e. The van der Waals surface area contributed by atoms with Gasteiger partial charge in [0.25, 0.3) is 0 Å². The highest BCUT2D eigenvalue weighted by atomic mass is 19.1. The maximum atomic E-state index is 13.4. The van der Waals surface area contributed by atoms with E-state index in [1.165, 1.54) is 6.07 Å². The van der Waals surface area contributed by atoms with E-state index in [0.29, 0.717) is 5.75 Å². The molecule has 0 N–H and O–H groups in total. The van der Waals surface area contributed by atoms with E-state index in [2.05, 4.69) is 0 Å². The van der Waals surface area contributed by atoms with Crippen molar-refractivity contribution in [2.24, 2.45) is 0 Å². The minimum atomic E-state index is -0.876. The molecule has 2 aromatic carbocycles. The molecule has 0 aliphatic heterocycles. The van der Waals surface area contributed by atoms with Crippen LogP contribution in [0, 0.1) is 25.5 Å². The molecule has 0 amide bonds. The van der Waals surface area contributed by atoms with Crippen molar-refractivity contribution in [3.63, 3.8) is 0 Å². The van der Waals surface area contributed by atoms with Gasteiger partial charge in [0.15, 0.2) is 6.61 Å². The lowest BCUT2D eigenvalue weighted by Gasteiger charge is -2.08. The fourth-order valence-corrected chi connectivity index (χ4v) is 1.79. The van der Waals surface area contributed by atoms with Gasteiger partial charge < -0.3 is 4.74 Å². The highest BCUT2D eigenvalue weighted by molar-refractivity contribution is 5.97. The minimum Gasteiger partial charge on any atom is -0.485 e. The summed E-state index contributed by atoms with van der Waals surface area (Å²) in [4.78, 5) is 11.8. The van der Waals surface area contributed by atoms with Crippen molar-refractivity contribution < 1.29 is 18.3 Å². The number of rotatable bonds is 4. The molecule has 0 aliphatic carbocycles. The Bertz CT molecular complexity index is 631. The van der Waals surface area contributed by atoms with Gasteiger partial charge in [0.1, 0.15) is 17.4 Å². The number of hydrogen-bond donors (Lipinski definition) is 0. The van der Waals surface area contributed by atoms with Crippen LogP contribution in [0.4, 0.5) is 8.78 Å². The number of ether oxygens (including phenoxy) is 1. The molecule has 0 heterocycles. The lowest BCUT2D eigenvalue weighted by Crippen LogP contribution is -2.15. The average molecular weight is 276 g/mol. The van der Waals surface area contributed by atoms with Gasteiger partial charge in [0.2, 0.25) is 5.78 Å². The van der Waals surface area contributed by atoms with Crippen LogP contribution in [0.25, 0.3) is 0 Å². The fraction of sp³-hybridized carbons (Fsp3) is 0.188. The number of carbonyl (C=O) groups is 1. The van der Waals surface area contributed by atoms with E-state index in [4.69, 9.17) is 4.74 Å². The van der Waals surface area contributed by atoms with Crippen LogP contribution in [0.2, 0.25) is 0 Å². The summed E-state index contributed by atoms with van der Waals surface area (Å²) in [7, 11) is 0. The van der Waals surface area contributed by atoms with Crippen LogP contribution < -0.4 is 4.74 Å². The minimum absolute atomic E-state index is 0.402. The first-order chi connectivity index (χ1) is 9.49. The summed E-state index contributed by atoms with van der Waals surface area (Å²) < 4.78 is 32.1. The molecule has 0 aromatic heterocycles. The van der Waals surface area contributed by atoms with Gasteiger partial charge in [-0.05, 0) is 49.2 Å². The van der Waals surface area contributed by atoms with E-state index in [9.17, 15) is 13.6 Å². The van der Waals surface area contributed by atoms with Gasteiger partial charge >= 0.3 is 0 Å². The van der Waals surface area contributed by atoms with Gasteiger partial charge in [-0.1, -0.05) is 12.1 Å². The molecule has 104 valence electrons. The number of carbonyl (C=O) groups excluding carboxylic acids is 1. The normalized spacial score (nSPS) is 10.4. The van der Waals surface area contributed by atoms with Crippen LogP contribution in [0.15, 0.2) is 36.4 Å². The van der Waals surface area contributed by atoms with Crippen LogP contribution in [0.1, 0.15) is 21.5 Å². The summed E-state index contributed by atoms with van der Waals surface area (Å²) in [5, 5.41) is 0. The summed E-state index contributed by atoms with van der Waals surface area (Å²) in [6.45, 7) is 3.47. The van der Waals surface area contributed by atoms with Crippen LogP contribution in [0.5, 0.6) is 5.75 Å². The standard InChI is InChI=1S/C16H14F2O2/c1-10-6-7-12(8-11(10)2)20-9-15(19)16-13(17)4-3-5-14(16)18/h3-8H,9H2,1-2H3. The first-order valence-corrected chi connectivity index (χ1v) is 6.16. The Balaban J connectivity index is 2.11. The van der Waals surface area contributed by atoms with Gasteiger partial charge in [-0.2, -0.15) is 0 Å². The number of ketones is 1. The van der Waals surface area contributed by atoms with Crippen LogP contribution in [0.3, 0.4) is 0 Å². The van der Waals surface area contributed by atoms with Gasteiger partial charge in [0, 0.05) is 0 Å². The van der Waals surface area contributed by atoms with Gasteiger partial charge in [-0.15, -0.1) is 0 Å². The third kappa shape index (κ3) is 3.02. The van der Waals surface area contributed by atoms with Gasteiger partial charge in [-0.25, -0.2) is 8.78 Å². The maximum absolute atomic E-state index is 13.4. The molecule has 0 radical (unpaired) electrons. The molecular formula is C16H14F2O2. The molecule has 0 saturated carbocycles. The van der Waals surface area contributed by atoms with Gasteiger partial charge in [-0.3, -0.25) is 4.79 Å². The second-order valence-corrected chi connectivity index (χ2v) is 4.55. The van der Waals surface area contributed by atoms with Crippen molar-refractivity contribution in [3.05, 3.63) is 64.7 Å². The Morgan fingerprint density at radius 3 is 2.30 bits per heavy atom. The quantitative estimate of drug-likeness (QED) is 0.793. The monoisotopic (exact) mass is 276 g/mol. The molecule has 2 aromatic rings. The third-order valence-electron chi connectivity index (χ3n) is 3.09. The van der Waals surface area contributed by atoms with E-state index in [0.717, 1.165) is 23.3 Å². The molecule has 0 bridgehead atoms. The van der Waals surface area contributed by atoms with Crippen LogP contribution in [-0.4, -0.2) is 12.4 Å². The van der Waals surface area contributed by atoms with E-state index in [1.807, 2.05) is 19.9 Å². The van der Waals surface area contributed by atoms with Crippen molar-refractivity contribution in [2.45, 2.75) is 13.8 Å². The molecule has 0 fully saturated rings. The summed E-state index contributed by atoms with van der Waals surface area (Å²) in [6, 6.07) is 8.66. The molecule has 0 unspecified atom stereocenters. The zero-order valence-corrected chi connectivity index (χ0v) is 11.2. The third-order valence-corrected chi connectivity index (χ3v) is 3.09.